The summed E-state index contributed by atoms with van der Waals surface area (Å²) in [6, 6.07) is 6.73. The van der Waals surface area contributed by atoms with E-state index in [-0.39, 0.29) is 43.4 Å². The number of nitrogens with zero attached hydrogens (tertiary/aromatic N) is 5. The lowest BCUT2D eigenvalue weighted by Crippen LogP contribution is -2.25. The smallest absolute Gasteiger partial charge is 0.368 e. The van der Waals surface area contributed by atoms with E-state index in [9.17, 15) is 24.3 Å². The molecule has 0 saturated carbocycles. The Bertz CT molecular complexity index is 2040. The Morgan fingerprint density at radius 3 is 2.52 bits per heavy atom. The number of esters is 1. The van der Waals surface area contributed by atoms with E-state index in [4.69, 9.17) is 4.74 Å². The topological polar surface area (TPSA) is 131 Å². The Morgan fingerprint density at radius 2 is 1.88 bits per heavy atom. The molecule has 214 valence electrons. The van der Waals surface area contributed by atoms with Gasteiger partial charge in [0.2, 0.25) is 5.01 Å². The van der Waals surface area contributed by atoms with Crippen LogP contribution in [0.4, 0.5) is 8.78 Å². The minimum Gasteiger partial charge on any atom is -0.506 e. The summed E-state index contributed by atoms with van der Waals surface area (Å²) >= 11 is 0.758. The zero-order valence-corrected chi connectivity index (χ0v) is 24.4. The molecule has 0 spiro atoms. The minimum atomic E-state index is -0.932. The first-order valence-corrected chi connectivity index (χ1v) is 13.7. The Kier molecular flexibility index (Phi) is 7.02. The zero-order chi connectivity index (χ0) is 30.7. The fraction of sp³-hybridized carbons (Fsp3) is 0.267. The van der Waals surface area contributed by atoms with Crippen molar-refractivity contribution in [1.29, 1.82) is 5.26 Å². The standard InChI is InChI=1S/C30H25F2N5O4S/c1-13(2)20-23(14(3)9-10-34-20)37-26-16(24(38)17(12-33)28(37)39)11-19(32)21(35-26)15-7-8-18(31)25-22(15)36-27(42-25)29(40)41-30(4,5)6/h7-11,13,38H,1-6H3. The van der Waals surface area contributed by atoms with Gasteiger partial charge in [0.15, 0.2) is 11.2 Å². The van der Waals surface area contributed by atoms with E-state index in [1.54, 1.807) is 46.0 Å². The van der Waals surface area contributed by atoms with Crippen molar-refractivity contribution in [3.8, 4) is 28.8 Å². The van der Waals surface area contributed by atoms with Crippen LogP contribution in [0.1, 0.15) is 67.2 Å². The molecule has 0 aliphatic rings. The van der Waals surface area contributed by atoms with Gasteiger partial charge < -0.3 is 9.84 Å². The number of fused-ring (bicyclic) bond motifs is 2. The van der Waals surface area contributed by atoms with Crippen LogP contribution >= 0.6 is 11.3 Å². The van der Waals surface area contributed by atoms with Crippen molar-refractivity contribution in [3.63, 3.8) is 0 Å². The second kappa shape index (κ2) is 10.3. The van der Waals surface area contributed by atoms with Crippen molar-refractivity contribution in [1.82, 2.24) is 19.5 Å². The molecule has 0 unspecified atom stereocenters. The maximum atomic E-state index is 15.8. The van der Waals surface area contributed by atoms with Gasteiger partial charge in [0.05, 0.1) is 27.0 Å². The van der Waals surface area contributed by atoms with Crippen molar-refractivity contribution in [2.75, 3.05) is 0 Å². The molecule has 42 heavy (non-hydrogen) atoms. The number of halogens is 2. The van der Waals surface area contributed by atoms with Gasteiger partial charge in [0, 0.05) is 11.8 Å². The second-order valence-electron chi connectivity index (χ2n) is 11.0. The van der Waals surface area contributed by atoms with Gasteiger partial charge in [0.1, 0.15) is 34.7 Å². The molecule has 0 amide bonds. The number of hydrogen-bond donors (Lipinski definition) is 1. The van der Waals surface area contributed by atoms with E-state index in [0.717, 1.165) is 28.0 Å². The number of thiazole rings is 1. The maximum absolute atomic E-state index is 15.8. The summed E-state index contributed by atoms with van der Waals surface area (Å²) in [7, 11) is 0. The normalized spacial score (nSPS) is 11.8. The first kappa shape index (κ1) is 28.8. The lowest BCUT2D eigenvalue weighted by molar-refractivity contribution is 0.00694. The molecular formula is C30H25F2N5O4S. The lowest BCUT2D eigenvalue weighted by Gasteiger charge is -2.19. The highest BCUT2D eigenvalue weighted by Crippen LogP contribution is 2.37. The third-order valence-corrected chi connectivity index (χ3v) is 7.48. The number of ether oxygens (including phenoxy) is 1. The van der Waals surface area contributed by atoms with Crippen molar-refractivity contribution >= 4 is 38.6 Å². The van der Waals surface area contributed by atoms with Crippen molar-refractivity contribution in [2.45, 2.75) is 53.1 Å². The maximum Gasteiger partial charge on any atom is 0.368 e. The predicted octanol–water partition coefficient (Wildman–Crippen LogP) is 6.30. The SMILES string of the molecule is Cc1ccnc(C(C)C)c1-n1c(=O)c(C#N)c(O)c2cc(F)c(-c3ccc(F)c4sc(C(=O)OC(C)(C)C)nc34)nc21. The molecule has 0 radical (unpaired) electrons. The molecule has 5 rings (SSSR count). The van der Waals surface area contributed by atoms with Gasteiger partial charge in [-0.05, 0) is 63.4 Å². The van der Waals surface area contributed by atoms with E-state index >= 15 is 4.39 Å². The van der Waals surface area contributed by atoms with Gasteiger partial charge >= 0.3 is 5.97 Å². The molecule has 0 bridgehead atoms. The van der Waals surface area contributed by atoms with Gasteiger partial charge in [-0.2, -0.15) is 5.26 Å². The van der Waals surface area contributed by atoms with Gasteiger partial charge in [0.25, 0.3) is 5.56 Å². The summed E-state index contributed by atoms with van der Waals surface area (Å²) in [6.45, 7) is 10.5. The quantitative estimate of drug-likeness (QED) is 0.242. The summed E-state index contributed by atoms with van der Waals surface area (Å²) in [5.41, 5.74) is -1.22. The van der Waals surface area contributed by atoms with Crippen LogP contribution in [0.25, 0.3) is 38.2 Å². The van der Waals surface area contributed by atoms with Gasteiger partial charge in [-0.15, -0.1) is 11.3 Å². The van der Waals surface area contributed by atoms with Crippen LogP contribution in [-0.4, -0.2) is 36.2 Å². The highest BCUT2D eigenvalue weighted by Gasteiger charge is 2.27. The van der Waals surface area contributed by atoms with E-state index in [1.165, 1.54) is 6.07 Å². The molecular weight excluding hydrogens is 564 g/mol. The highest BCUT2D eigenvalue weighted by atomic mass is 32.1. The number of aryl methyl sites for hydroxylation is 1. The number of carbonyl (C=O) groups is 1. The number of rotatable bonds is 4. The number of aromatic hydroxyl groups is 1. The molecule has 1 N–H and O–H groups in total. The Hall–Kier alpha value is -4.76. The minimum absolute atomic E-state index is 0.0140. The van der Waals surface area contributed by atoms with Crippen LogP contribution in [0.5, 0.6) is 5.75 Å². The number of carbonyl (C=O) groups excluding carboxylic acids is 1. The summed E-state index contributed by atoms with van der Waals surface area (Å²) in [5.74, 6) is -3.25. The molecule has 4 heterocycles. The molecule has 0 aliphatic carbocycles. The molecule has 5 aromatic rings. The van der Waals surface area contributed by atoms with Crippen molar-refractivity contribution in [3.05, 3.63) is 74.3 Å². The Morgan fingerprint density at radius 1 is 1.17 bits per heavy atom. The van der Waals surface area contributed by atoms with Gasteiger partial charge in [-0.25, -0.2) is 23.5 Å². The highest BCUT2D eigenvalue weighted by molar-refractivity contribution is 7.20. The second-order valence-corrected chi connectivity index (χ2v) is 12.0. The molecule has 0 saturated heterocycles. The van der Waals surface area contributed by atoms with E-state index in [1.807, 2.05) is 13.8 Å². The van der Waals surface area contributed by atoms with Crippen LogP contribution < -0.4 is 5.56 Å². The zero-order valence-electron chi connectivity index (χ0n) is 23.5. The third-order valence-electron chi connectivity index (χ3n) is 6.44. The number of pyridine rings is 3. The molecule has 1 aromatic carbocycles. The predicted molar refractivity (Wildman–Crippen MR) is 154 cm³/mol. The van der Waals surface area contributed by atoms with Crippen LogP contribution in [-0.2, 0) is 4.74 Å². The molecule has 4 aromatic heterocycles. The van der Waals surface area contributed by atoms with E-state index in [2.05, 4.69) is 15.0 Å². The Labute approximate surface area is 242 Å². The number of benzene rings is 1. The van der Waals surface area contributed by atoms with Crippen LogP contribution in [0.3, 0.4) is 0 Å². The first-order chi connectivity index (χ1) is 19.7. The summed E-state index contributed by atoms with van der Waals surface area (Å²) in [4.78, 5) is 39.5. The third kappa shape index (κ3) is 4.75. The van der Waals surface area contributed by atoms with Crippen LogP contribution in [0.2, 0.25) is 0 Å². The van der Waals surface area contributed by atoms with E-state index in [0.29, 0.717) is 16.9 Å². The van der Waals surface area contributed by atoms with Crippen LogP contribution in [0, 0.1) is 29.9 Å². The van der Waals surface area contributed by atoms with Crippen molar-refractivity contribution in [2.24, 2.45) is 0 Å². The van der Waals surface area contributed by atoms with E-state index < -0.39 is 40.1 Å². The monoisotopic (exact) mass is 589 g/mol. The molecule has 0 aliphatic heterocycles. The van der Waals surface area contributed by atoms with Gasteiger partial charge in [-0.1, -0.05) is 13.8 Å². The fourth-order valence-electron chi connectivity index (χ4n) is 4.63. The number of hydrogen-bond acceptors (Lipinski definition) is 9. The summed E-state index contributed by atoms with van der Waals surface area (Å²) < 4.78 is 37.2. The average molecular weight is 590 g/mol. The van der Waals surface area contributed by atoms with Gasteiger partial charge in [-0.3, -0.25) is 14.3 Å². The first-order valence-electron chi connectivity index (χ1n) is 12.9. The molecule has 0 fully saturated rings. The summed E-state index contributed by atoms with van der Waals surface area (Å²) in [6.07, 6.45) is 1.59. The Balaban J connectivity index is 1.87. The lowest BCUT2D eigenvalue weighted by atomic mass is 10.0. The molecule has 9 nitrogen and oxygen atoms in total. The number of nitriles is 1. The van der Waals surface area contributed by atoms with Crippen LogP contribution in [0.15, 0.2) is 35.3 Å². The molecule has 0 atom stereocenters. The number of aromatic nitrogens is 4. The largest absolute Gasteiger partial charge is 0.506 e. The van der Waals surface area contributed by atoms with Crippen molar-refractivity contribution < 1.29 is 23.4 Å². The summed E-state index contributed by atoms with van der Waals surface area (Å²) in [5, 5.41) is 20.2. The molecule has 12 heteroatoms. The average Bonchev–Trinajstić information content (AvgIpc) is 3.36. The fourth-order valence-corrected chi connectivity index (χ4v) is 5.50.